The van der Waals surface area contributed by atoms with Crippen molar-refractivity contribution in [3.05, 3.63) is 40.3 Å². The summed E-state index contributed by atoms with van der Waals surface area (Å²) >= 11 is 5.89. The van der Waals surface area contributed by atoms with E-state index in [0.717, 1.165) is 17.3 Å². The number of aryl methyl sites for hydroxylation is 2. The monoisotopic (exact) mass is 355 g/mol. The van der Waals surface area contributed by atoms with Crippen LogP contribution in [0.15, 0.2) is 18.2 Å². The van der Waals surface area contributed by atoms with E-state index in [2.05, 4.69) is 10.4 Å². The minimum Gasteiger partial charge on any atom is -0.481 e. The maximum Gasteiger partial charge on any atom is 0.261 e. The highest BCUT2D eigenvalue weighted by atomic mass is 35.5. The SMILES string of the molecule is COc1c(CNC(=O)[C@H](C)Oc2ccc(F)cc2Cl)c(C)nn1C. The number of nitrogens with zero attached hydrogens (tertiary/aromatic N) is 2. The molecule has 0 aliphatic carbocycles. The van der Waals surface area contributed by atoms with Crippen molar-refractivity contribution in [2.24, 2.45) is 7.05 Å². The third kappa shape index (κ3) is 3.97. The zero-order valence-electron chi connectivity index (χ0n) is 13.9. The number of hydrogen-bond acceptors (Lipinski definition) is 4. The summed E-state index contributed by atoms with van der Waals surface area (Å²) in [4.78, 5) is 12.2. The molecule has 2 aromatic rings. The van der Waals surface area contributed by atoms with Crippen molar-refractivity contribution in [3.63, 3.8) is 0 Å². The third-order valence-electron chi connectivity index (χ3n) is 3.49. The van der Waals surface area contributed by atoms with E-state index >= 15 is 0 Å². The van der Waals surface area contributed by atoms with Gasteiger partial charge in [-0.05, 0) is 32.0 Å². The van der Waals surface area contributed by atoms with Crippen LogP contribution in [-0.2, 0) is 18.4 Å². The van der Waals surface area contributed by atoms with Crippen molar-refractivity contribution in [2.45, 2.75) is 26.5 Å². The van der Waals surface area contributed by atoms with Gasteiger partial charge in [-0.15, -0.1) is 0 Å². The lowest BCUT2D eigenvalue weighted by Crippen LogP contribution is -2.36. The van der Waals surface area contributed by atoms with Crippen LogP contribution in [0.2, 0.25) is 5.02 Å². The Labute approximate surface area is 144 Å². The molecule has 1 N–H and O–H groups in total. The molecule has 0 unspecified atom stereocenters. The molecule has 1 aromatic heterocycles. The Morgan fingerprint density at radius 3 is 2.83 bits per heavy atom. The number of aromatic nitrogens is 2. The molecule has 0 bridgehead atoms. The smallest absolute Gasteiger partial charge is 0.261 e. The summed E-state index contributed by atoms with van der Waals surface area (Å²) < 4.78 is 25.4. The Balaban J connectivity index is 1.99. The van der Waals surface area contributed by atoms with E-state index in [-0.39, 0.29) is 23.2 Å². The summed E-state index contributed by atoms with van der Waals surface area (Å²) in [5.74, 6) is 0.0307. The van der Waals surface area contributed by atoms with Crippen LogP contribution in [0.3, 0.4) is 0 Å². The van der Waals surface area contributed by atoms with Gasteiger partial charge in [-0.25, -0.2) is 9.07 Å². The molecule has 0 saturated carbocycles. The lowest BCUT2D eigenvalue weighted by molar-refractivity contribution is -0.127. The summed E-state index contributed by atoms with van der Waals surface area (Å²) in [6.45, 7) is 3.68. The maximum atomic E-state index is 13.0. The zero-order chi connectivity index (χ0) is 17.9. The second-order valence-corrected chi connectivity index (χ2v) is 5.66. The molecule has 8 heteroatoms. The second kappa shape index (κ2) is 7.53. The van der Waals surface area contributed by atoms with E-state index in [1.807, 2.05) is 6.92 Å². The Morgan fingerprint density at radius 1 is 1.50 bits per heavy atom. The molecule has 0 radical (unpaired) electrons. The first kappa shape index (κ1) is 18.1. The highest BCUT2D eigenvalue weighted by Crippen LogP contribution is 2.26. The van der Waals surface area contributed by atoms with Gasteiger partial charge in [-0.1, -0.05) is 11.6 Å². The molecule has 0 aliphatic heterocycles. The minimum atomic E-state index is -0.795. The first-order valence-corrected chi connectivity index (χ1v) is 7.67. The molecule has 1 atom stereocenters. The van der Waals surface area contributed by atoms with E-state index in [4.69, 9.17) is 21.1 Å². The zero-order valence-corrected chi connectivity index (χ0v) is 14.6. The second-order valence-electron chi connectivity index (χ2n) is 5.25. The van der Waals surface area contributed by atoms with Crippen molar-refractivity contribution >= 4 is 17.5 Å². The third-order valence-corrected chi connectivity index (χ3v) is 3.78. The highest BCUT2D eigenvalue weighted by Gasteiger charge is 2.19. The van der Waals surface area contributed by atoms with E-state index in [0.29, 0.717) is 5.88 Å². The fraction of sp³-hybridized carbons (Fsp3) is 0.375. The Hall–Kier alpha value is -2.28. The van der Waals surface area contributed by atoms with Gasteiger partial charge < -0.3 is 14.8 Å². The average Bonchev–Trinajstić information content (AvgIpc) is 2.80. The lowest BCUT2D eigenvalue weighted by atomic mass is 10.2. The summed E-state index contributed by atoms with van der Waals surface area (Å²) in [6, 6.07) is 3.73. The number of nitrogens with one attached hydrogen (secondary N) is 1. The number of hydrogen-bond donors (Lipinski definition) is 1. The van der Waals surface area contributed by atoms with Gasteiger partial charge in [0.05, 0.1) is 29.9 Å². The van der Waals surface area contributed by atoms with Gasteiger partial charge in [0.2, 0.25) is 5.88 Å². The number of amides is 1. The van der Waals surface area contributed by atoms with Gasteiger partial charge in [0.25, 0.3) is 5.91 Å². The molecule has 0 aliphatic rings. The quantitative estimate of drug-likeness (QED) is 0.865. The number of carbonyl (C=O) groups is 1. The highest BCUT2D eigenvalue weighted by molar-refractivity contribution is 6.32. The maximum absolute atomic E-state index is 13.0. The van der Waals surface area contributed by atoms with Gasteiger partial charge in [0.1, 0.15) is 11.6 Å². The number of halogens is 2. The number of benzene rings is 1. The van der Waals surface area contributed by atoms with Gasteiger partial charge in [-0.2, -0.15) is 5.10 Å². The largest absolute Gasteiger partial charge is 0.481 e. The van der Waals surface area contributed by atoms with E-state index in [9.17, 15) is 9.18 Å². The Kier molecular flexibility index (Phi) is 5.66. The van der Waals surface area contributed by atoms with E-state index in [1.54, 1.807) is 25.8 Å². The molecule has 1 amide bonds. The van der Waals surface area contributed by atoms with Crippen molar-refractivity contribution in [3.8, 4) is 11.6 Å². The van der Waals surface area contributed by atoms with Crippen LogP contribution in [0.4, 0.5) is 4.39 Å². The lowest BCUT2D eigenvalue weighted by Gasteiger charge is -2.16. The van der Waals surface area contributed by atoms with Crippen LogP contribution in [0, 0.1) is 12.7 Å². The Bertz CT molecular complexity index is 748. The standard InChI is InChI=1S/C16H19ClFN3O3/c1-9-12(16(23-4)21(3)20-9)8-19-15(22)10(2)24-14-6-5-11(18)7-13(14)17/h5-7,10H,8H2,1-4H3,(H,19,22)/t10-/m0/s1. The van der Waals surface area contributed by atoms with Crippen LogP contribution >= 0.6 is 11.6 Å². The molecule has 2 rings (SSSR count). The van der Waals surface area contributed by atoms with E-state index in [1.165, 1.54) is 12.1 Å². The van der Waals surface area contributed by atoms with Gasteiger partial charge in [-0.3, -0.25) is 4.79 Å². The normalized spacial score (nSPS) is 11.9. The van der Waals surface area contributed by atoms with Crippen LogP contribution < -0.4 is 14.8 Å². The number of rotatable bonds is 6. The summed E-state index contributed by atoms with van der Waals surface area (Å²) in [5, 5.41) is 7.12. The predicted molar refractivity (Wildman–Crippen MR) is 87.8 cm³/mol. The average molecular weight is 356 g/mol. The predicted octanol–water partition coefficient (Wildman–Crippen LogP) is 2.61. The van der Waals surface area contributed by atoms with Gasteiger partial charge in [0, 0.05) is 7.05 Å². The molecule has 130 valence electrons. The molecule has 6 nitrogen and oxygen atoms in total. The van der Waals surface area contributed by atoms with Gasteiger partial charge in [0.15, 0.2) is 6.10 Å². The molecular weight excluding hydrogens is 337 g/mol. The van der Waals surface area contributed by atoms with Crippen LogP contribution in [0.5, 0.6) is 11.6 Å². The van der Waals surface area contributed by atoms with Crippen molar-refractivity contribution in [2.75, 3.05) is 7.11 Å². The van der Waals surface area contributed by atoms with Crippen LogP contribution in [0.25, 0.3) is 0 Å². The first-order chi connectivity index (χ1) is 11.3. The number of ether oxygens (including phenoxy) is 2. The minimum absolute atomic E-state index is 0.111. The van der Waals surface area contributed by atoms with Gasteiger partial charge >= 0.3 is 0 Å². The van der Waals surface area contributed by atoms with Crippen molar-refractivity contribution in [1.29, 1.82) is 0 Å². The summed E-state index contributed by atoms with van der Waals surface area (Å²) in [5.41, 5.74) is 1.56. The van der Waals surface area contributed by atoms with Crippen molar-refractivity contribution in [1.82, 2.24) is 15.1 Å². The fourth-order valence-corrected chi connectivity index (χ4v) is 2.49. The molecular formula is C16H19ClFN3O3. The molecule has 1 aromatic carbocycles. The van der Waals surface area contributed by atoms with Crippen LogP contribution in [-0.4, -0.2) is 28.9 Å². The first-order valence-electron chi connectivity index (χ1n) is 7.29. The molecule has 0 saturated heterocycles. The topological polar surface area (TPSA) is 65.4 Å². The number of methoxy groups -OCH3 is 1. The van der Waals surface area contributed by atoms with Crippen LogP contribution in [0.1, 0.15) is 18.2 Å². The Morgan fingerprint density at radius 2 is 2.21 bits per heavy atom. The molecule has 0 fully saturated rings. The van der Waals surface area contributed by atoms with E-state index < -0.39 is 11.9 Å². The van der Waals surface area contributed by atoms with Crippen molar-refractivity contribution < 1.29 is 18.7 Å². The summed E-state index contributed by atoms with van der Waals surface area (Å²) in [6.07, 6.45) is -0.795. The molecule has 24 heavy (non-hydrogen) atoms. The number of carbonyl (C=O) groups excluding carboxylic acids is 1. The molecule has 0 spiro atoms. The molecule has 1 heterocycles. The fourth-order valence-electron chi connectivity index (χ4n) is 2.27. The summed E-state index contributed by atoms with van der Waals surface area (Å²) in [7, 11) is 3.31.